The molecule has 0 saturated carbocycles. The second kappa shape index (κ2) is 6.00. The van der Waals surface area contributed by atoms with Crippen molar-refractivity contribution in [2.24, 2.45) is 0 Å². The molecule has 0 spiro atoms. The van der Waals surface area contributed by atoms with Gasteiger partial charge in [-0.05, 0) is 26.0 Å². The molecule has 0 bridgehead atoms. The fraction of sp³-hybridized carbons (Fsp3) is 0.333. The molecule has 106 valence electrons. The minimum atomic E-state index is -0.696. The Morgan fingerprint density at radius 1 is 1.35 bits per heavy atom. The summed E-state index contributed by atoms with van der Waals surface area (Å²) in [6.45, 7) is 3.35. The summed E-state index contributed by atoms with van der Waals surface area (Å²) in [7, 11) is 0. The topological polar surface area (TPSA) is 113 Å². The second-order valence-electron chi connectivity index (χ2n) is 4.27. The van der Waals surface area contributed by atoms with E-state index in [1.807, 2.05) is 0 Å². The normalized spacial score (nSPS) is 13.5. The maximum absolute atomic E-state index is 11.9. The molecule has 0 radical (unpaired) electrons. The predicted molar refractivity (Wildman–Crippen MR) is 68.6 cm³/mol. The maximum Gasteiger partial charge on any atom is 0.287 e. The molecule has 0 aliphatic heterocycles. The first-order valence-electron chi connectivity index (χ1n) is 6.08. The van der Waals surface area contributed by atoms with Crippen molar-refractivity contribution < 1.29 is 14.0 Å². The number of nitrogens with zero attached hydrogens (tertiary/aromatic N) is 2. The van der Waals surface area contributed by atoms with Crippen molar-refractivity contribution in [1.29, 1.82) is 0 Å². The maximum atomic E-state index is 11.9. The van der Waals surface area contributed by atoms with E-state index in [0.717, 1.165) is 0 Å². The summed E-state index contributed by atoms with van der Waals surface area (Å²) in [6.07, 6.45) is 2.76. The van der Waals surface area contributed by atoms with Crippen LogP contribution in [0.5, 0.6) is 0 Å². The molecule has 8 nitrogen and oxygen atoms in total. The molecule has 8 heteroatoms. The number of aromatic nitrogens is 3. The first kappa shape index (κ1) is 13.8. The molecule has 0 aromatic carbocycles. The number of rotatable bonds is 5. The zero-order valence-electron chi connectivity index (χ0n) is 11.1. The summed E-state index contributed by atoms with van der Waals surface area (Å²) in [4.78, 5) is 27.6. The van der Waals surface area contributed by atoms with Gasteiger partial charge in [-0.25, -0.2) is 4.98 Å². The number of carbonyl (C=O) groups excluding carboxylic acids is 2. The number of hydrogen-bond acceptors (Lipinski definition) is 5. The van der Waals surface area contributed by atoms with Crippen molar-refractivity contribution in [3.63, 3.8) is 0 Å². The lowest BCUT2D eigenvalue weighted by Gasteiger charge is -2.16. The predicted octanol–water partition coefficient (Wildman–Crippen LogP) is 0.393. The van der Waals surface area contributed by atoms with E-state index in [-0.39, 0.29) is 17.7 Å². The van der Waals surface area contributed by atoms with Gasteiger partial charge < -0.3 is 15.1 Å². The average Bonchev–Trinajstić information content (AvgIpc) is 3.11. The van der Waals surface area contributed by atoms with Crippen LogP contribution in [0.15, 0.2) is 29.1 Å². The van der Waals surface area contributed by atoms with Gasteiger partial charge >= 0.3 is 0 Å². The molecule has 2 heterocycles. The van der Waals surface area contributed by atoms with E-state index in [1.165, 1.54) is 18.7 Å². The molecule has 2 unspecified atom stereocenters. The summed E-state index contributed by atoms with van der Waals surface area (Å²) in [6, 6.07) is 2.11. The molecule has 2 aromatic heterocycles. The van der Waals surface area contributed by atoms with Gasteiger partial charge in [-0.1, -0.05) is 0 Å². The first-order chi connectivity index (χ1) is 9.58. The third kappa shape index (κ3) is 3.22. The van der Waals surface area contributed by atoms with Gasteiger partial charge in [0, 0.05) is 0 Å². The summed E-state index contributed by atoms with van der Waals surface area (Å²) < 4.78 is 4.95. The minimum absolute atomic E-state index is 0.160. The van der Waals surface area contributed by atoms with Crippen molar-refractivity contribution in [2.75, 3.05) is 0 Å². The van der Waals surface area contributed by atoms with Crippen LogP contribution in [-0.2, 0) is 4.79 Å². The number of furan rings is 1. The van der Waals surface area contributed by atoms with Crippen LogP contribution in [0.25, 0.3) is 0 Å². The molecule has 3 N–H and O–H groups in total. The molecule has 0 fully saturated rings. The van der Waals surface area contributed by atoms with Crippen LogP contribution in [0.2, 0.25) is 0 Å². The van der Waals surface area contributed by atoms with Gasteiger partial charge in [0.1, 0.15) is 18.2 Å². The number of amides is 2. The van der Waals surface area contributed by atoms with Crippen molar-refractivity contribution in [1.82, 2.24) is 25.8 Å². The van der Waals surface area contributed by atoms with Crippen LogP contribution in [0.1, 0.15) is 36.3 Å². The van der Waals surface area contributed by atoms with Crippen molar-refractivity contribution in [2.45, 2.75) is 25.9 Å². The van der Waals surface area contributed by atoms with E-state index in [4.69, 9.17) is 4.42 Å². The number of carbonyl (C=O) groups is 2. The van der Waals surface area contributed by atoms with Crippen LogP contribution < -0.4 is 10.6 Å². The largest absolute Gasteiger partial charge is 0.459 e. The molecule has 0 saturated heterocycles. The van der Waals surface area contributed by atoms with E-state index in [9.17, 15) is 9.59 Å². The standard InChI is InChI=1S/C12H15N5O3/c1-7(10-13-6-14-17-10)15-11(18)8(2)16-12(19)9-4-3-5-20-9/h3-8H,1-2H3,(H,15,18)(H,16,19)(H,13,14,17). The van der Waals surface area contributed by atoms with Gasteiger partial charge in [-0.15, -0.1) is 0 Å². The number of hydrogen-bond donors (Lipinski definition) is 3. The number of nitrogens with one attached hydrogen (secondary N) is 3. The zero-order valence-corrected chi connectivity index (χ0v) is 11.1. The fourth-order valence-electron chi connectivity index (χ4n) is 1.57. The first-order valence-corrected chi connectivity index (χ1v) is 6.08. The van der Waals surface area contributed by atoms with Gasteiger partial charge in [-0.2, -0.15) is 5.10 Å². The monoisotopic (exact) mass is 277 g/mol. The summed E-state index contributed by atoms with van der Waals surface area (Å²) in [5.41, 5.74) is 0. The van der Waals surface area contributed by atoms with Gasteiger partial charge in [0.2, 0.25) is 5.91 Å². The van der Waals surface area contributed by atoms with E-state index in [0.29, 0.717) is 5.82 Å². The highest BCUT2D eigenvalue weighted by Crippen LogP contribution is 2.05. The lowest BCUT2D eigenvalue weighted by molar-refractivity contribution is -0.123. The molecule has 2 rings (SSSR count). The molecular formula is C12H15N5O3. The Balaban J connectivity index is 1.87. The smallest absolute Gasteiger partial charge is 0.287 e. The molecule has 2 amide bonds. The lowest BCUT2D eigenvalue weighted by atomic mass is 10.2. The minimum Gasteiger partial charge on any atom is -0.459 e. The van der Waals surface area contributed by atoms with Crippen LogP contribution in [0, 0.1) is 0 Å². The second-order valence-corrected chi connectivity index (χ2v) is 4.27. The van der Waals surface area contributed by atoms with Gasteiger partial charge in [0.15, 0.2) is 5.76 Å². The van der Waals surface area contributed by atoms with E-state index in [2.05, 4.69) is 25.8 Å². The summed E-state index contributed by atoms with van der Waals surface area (Å²) in [5.74, 6) is -0.0605. The zero-order chi connectivity index (χ0) is 14.5. The fourth-order valence-corrected chi connectivity index (χ4v) is 1.57. The third-order valence-corrected chi connectivity index (χ3v) is 2.69. The van der Waals surface area contributed by atoms with Gasteiger partial charge in [0.05, 0.1) is 12.3 Å². The number of H-pyrrole nitrogens is 1. The Morgan fingerprint density at radius 2 is 2.15 bits per heavy atom. The van der Waals surface area contributed by atoms with Crippen LogP contribution in [0.3, 0.4) is 0 Å². The average molecular weight is 277 g/mol. The Labute approximate surface area is 115 Å². The Kier molecular flexibility index (Phi) is 4.14. The highest BCUT2D eigenvalue weighted by Gasteiger charge is 2.20. The van der Waals surface area contributed by atoms with Crippen LogP contribution in [-0.4, -0.2) is 33.0 Å². The van der Waals surface area contributed by atoms with E-state index in [1.54, 1.807) is 19.9 Å². The molecule has 2 aromatic rings. The van der Waals surface area contributed by atoms with Gasteiger partial charge in [0.25, 0.3) is 5.91 Å². The third-order valence-electron chi connectivity index (χ3n) is 2.69. The number of aromatic amines is 1. The Hall–Kier alpha value is -2.64. The van der Waals surface area contributed by atoms with Crippen molar-refractivity contribution in [3.05, 3.63) is 36.3 Å². The Bertz CT molecular complexity index is 564. The lowest BCUT2D eigenvalue weighted by Crippen LogP contribution is -2.45. The van der Waals surface area contributed by atoms with Crippen molar-refractivity contribution in [3.8, 4) is 0 Å². The molecule has 0 aliphatic carbocycles. The Morgan fingerprint density at radius 3 is 2.75 bits per heavy atom. The highest BCUT2D eigenvalue weighted by atomic mass is 16.3. The summed E-state index contributed by atoms with van der Waals surface area (Å²) >= 11 is 0. The molecule has 2 atom stereocenters. The van der Waals surface area contributed by atoms with Crippen LogP contribution >= 0.6 is 0 Å². The molecule has 0 aliphatic rings. The van der Waals surface area contributed by atoms with Crippen molar-refractivity contribution >= 4 is 11.8 Å². The van der Waals surface area contributed by atoms with E-state index >= 15 is 0 Å². The summed E-state index contributed by atoms with van der Waals surface area (Å²) in [5, 5.41) is 11.6. The SMILES string of the molecule is CC(NC(=O)c1ccco1)C(=O)NC(C)c1ncn[nH]1. The molecule has 20 heavy (non-hydrogen) atoms. The van der Waals surface area contributed by atoms with Gasteiger partial charge in [-0.3, -0.25) is 14.7 Å². The molecular weight excluding hydrogens is 262 g/mol. The van der Waals surface area contributed by atoms with E-state index < -0.39 is 11.9 Å². The van der Waals surface area contributed by atoms with Crippen LogP contribution in [0.4, 0.5) is 0 Å². The quantitative estimate of drug-likeness (QED) is 0.732. The highest BCUT2D eigenvalue weighted by molar-refractivity contribution is 5.95.